The maximum atomic E-state index is 11.5. The van der Waals surface area contributed by atoms with Gasteiger partial charge < -0.3 is 4.57 Å². The summed E-state index contributed by atoms with van der Waals surface area (Å²) in [5, 5.41) is 8.66. The third kappa shape index (κ3) is 2.47. The van der Waals surface area contributed by atoms with E-state index in [-0.39, 0.29) is 11.1 Å². The summed E-state index contributed by atoms with van der Waals surface area (Å²) in [6.45, 7) is 0.358. The highest BCUT2D eigenvalue weighted by atomic mass is 79.9. The molecule has 0 aliphatic carbocycles. The molecule has 0 radical (unpaired) electrons. The minimum absolute atomic E-state index is 0.113. The number of hydrogen-bond acceptors (Lipinski definition) is 2. The van der Waals surface area contributed by atoms with Crippen molar-refractivity contribution in [2.45, 2.75) is 6.54 Å². The Labute approximate surface area is 94.4 Å². The van der Waals surface area contributed by atoms with Crippen LogP contribution in [0.1, 0.15) is 5.56 Å². The quantitative estimate of drug-likeness (QED) is 0.829. The lowest BCUT2D eigenvalue weighted by molar-refractivity contribution is 0.773. The van der Waals surface area contributed by atoms with E-state index in [1.54, 1.807) is 12.3 Å². The fraction of sp³-hybridized carbons (Fsp3) is 0.111. The van der Waals surface area contributed by atoms with Crippen molar-refractivity contribution in [2.75, 3.05) is 0 Å². The van der Waals surface area contributed by atoms with E-state index in [1.807, 2.05) is 6.07 Å². The van der Waals surface area contributed by atoms with Gasteiger partial charge in [-0.05, 0) is 22.0 Å². The maximum absolute atomic E-state index is 11.5. The summed E-state index contributed by atoms with van der Waals surface area (Å²) in [5.41, 5.74) is 1.13. The molecule has 1 aromatic rings. The highest BCUT2D eigenvalue weighted by Crippen LogP contribution is 2.08. The monoisotopic (exact) mass is 272 g/mol. The van der Waals surface area contributed by atoms with Crippen molar-refractivity contribution in [1.29, 1.82) is 5.26 Å². The Morgan fingerprint density at radius 1 is 1.71 bits per heavy atom. The smallest absolute Gasteiger partial charge is 0.268 e. The SMILES string of the molecule is N#Cc1cc(Br)cn(C/C=C/Cl)c1=O. The van der Waals surface area contributed by atoms with Crippen molar-refractivity contribution < 1.29 is 0 Å². The molecule has 0 amide bonds. The average Bonchev–Trinajstić information content (AvgIpc) is 2.18. The first-order valence-corrected chi connectivity index (χ1v) is 4.97. The summed E-state index contributed by atoms with van der Waals surface area (Å²) < 4.78 is 2.10. The molecular formula is C9H6BrClN2O. The van der Waals surface area contributed by atoms with Crippen molar-refractivity contribution in [3.8, 4) is 6.07 Å². The number of pyridine rings is 1. The average molecular weight is 274 g/mol. The second kappa shape index (κ2) is 4.99. The molecule has 1 aromatic heterocycles. The van der Waals surface area contributed by atoms with Crippen LogP contribution in [-0.2, 0) is 6.54 Å². The van der Waals surface area contributed by atoms with E-state index in [4.69, 9.17) is 16.9 Å². The van der Waals surface area contributed by atoms with Gasteiger partial charge in [0.05, 0.1) is 0 Å². The number of aromatic nitrogens is 1. The molecule has 0 bridgehead atoms. The maximum Gasteiger partial charge on any atom is 0.268 e. The molecule has 0 aliphatic rings. The zero-order valence-electron chi connectivity index (χ0n) is 7.08. The molecule has 0 saturated carbocycles. The van der Waals surface area contributed by atoms with Crippen LogP contribution >= 0.6 is 27.5 Å². The molecular weight excluding hydrogens is 267 g/mol. The number of nitriles is 1. The summed E-state index contributed by atoms with van der Waals surface area (Å²) >= 11 is 8.56. The van der Waals surface area contributed by atoms with Gasteiger partial charge in [0.1, 0.15) is 11.6 Å². The summed E-state index contributed by atoms with van der Waals surface area (Å²) in [4.78, 5) is 11.5. The van der Waals surface area contributed by atoms with Crippen molar-refractivity contribution in [3.05, 3.63) is 44.3 Å². The van der Waals surface area contributed by atoms with Crippen LogP contribution in [0.25, 0.3) is 0 Å². The first kappa shape index (κ1) is 11.0. The standard InChI is InChI=1S/C9H6BrClN2O/c10-8-4-7(5-12)9(14)13(6-8)3-1-2-11/h1-2,4,6H,3H2/b2-1+. The first-order valence-electron chi connectivity index (χ1n) is 3.74. The van der Waals surface area contributed by atoms with Gasteiger partial charge in [0, 0.05) is 22.7 Å². The van der Waals surface area contributed by atoms with E-state index in [0.29, 0.717) is 11.0 Å². The molecule has 0 saturated heterocycles. The van der Waals surface area contributed by atoms with Gasteiger partial charge >= 0.3 is 0 Å². The Kier molecular flexibility index (Phi) is 3.93. The highest BCUT2D eigenvalue weighted by Gasteiger charge is 2.03. The van der Waals surface area contributed by atoms with Crippen molar-refractivity contribution in [1.82, 2.24) is 4.57 Å². The second-order valence-corrected chi connectivity index (χ2v) is 3.67. The van der Waals surface area contributed by atoms with Crippen LogP contribution in [0.15, 0.2) is 33.1 Å². The van der Waals surface area contributed by atoms with Gasteiger partial charge in [0.2, 0.25) is 0 Å². The van der Waals surface area contributed by atoms with Gasteiger partial charge in [0.15, 0.2) is 0 Å². The predicted molar refractivity (Wildman–Crippen MR) is 58.1 cm³/mol. The van der Waals surface area contributed by atoms with Crippen LogP contribution < -0.4 is 5.56 Å². The molecule has 72 valence electrons. The minimum Gasteiger partial charge on any atom is -0.309 e. The molecule has 0 atom stereocenters. The van der Waals surface area contributed by atoms with Gasteiger partial charge in [-0.1, -0.05) is 17.7 Å². The summed E-state index contributed by atoms with van der Waals surface area (Å²) in [7, 11) is 0. The van der Waals surface area contributed by atoms with Crippen molar-refractivity contribution >= 4 is 27.5 Å². The molecule has 1 heterocycles. The van der Waals surface area contributed by atoms with Gasteiger partial charge in [-0.3, -0.25) is 4.79 Å². The lowest BCUT2D eigenvalue weighted by Gasteiger charge is -2.02. The molecule has 0 unspecified atom stereocenters. The van der Waals surface area contributed by atoms with E-state index in [0.717, 1.165) is 0 Å². The van der Waals surface area contributed by atoms with Gasteiger partial charge in [0.25, 0.3) is 5.56 Å². The zero-order chi connectivity index (χ0) is 10.6. The van der Waals surface area contributed by atoms with E-state index in [9.17, 15) is 4.79 Å². The van der Waals surface area contributed by atoms with E-state index in [1.165, 1.54) is 16.2 Å². The number of hydrogen-bond donors (Lipinski definition) is 0. The topological polar surface area (TPSA) is 45.8 Å². The summed E-state index contributed by atoms with van der Waals surface area (Å²) in [5.74, 6) is 0. The zero-order valence-corrected chi connectivity index (χ0v) is 9.42. The van der Waals surface area contributed by atoms with Gasteiger partial charge in [-0.2, -0.15) is 5.26 Å². The molecule has 3 nitrogen and oxygen atoms in total. The Morgan fingerprint density at radius 3 is 3.00 bits per heavy atom. The molecule has 0 aliphatic heterocycles. The van der Waals surface area contributed by atoms with Gasteiger partial charge in [-0.25, -0.2) is 0 Å². The number of rotatable bonds is 2. The number of nitrogens with zero attached hydrogens (tertiary/aromatic N) is 2. The Hall–Kier alpha value is -1.05. The third-order valence-electron chi connectivity index (χ3n) is 1.56. The van der Waals surface area contributed by atoms with E-state index >= 15 is 0 Å². The minimum atomic E-state index is -0.314. The van der Waals surface area contributed by atoms with Crippen molar-refractivity contribution in [2.24, 2.45) is 0 Å². The molecule has 14 heavy (non-hydrogen) atoms. The second-order valence-electron chi connectivity index (χ2n) is 2.50. The number of halogens is 2. The lowest BCUT2D eigenvalue weighted by Crippen LogP contribution is -2.21. The van der Waals surface area contributed by atoms with Crippen LogP contribution in [0.3, 0.4) is 0 Å². The Morgan fingerprint density at radius 2 is 2.43 bits per heavy atom. The van der Waals surface area contributed by atoms with Crippen LogP contribution in [0.5, 0.6) is 0 Å². The van der Waals surface area contributed by atoms with E-state index in [2.05, 4.69) is 15.9 Å². The van der Waals surface area contributed by atoms with Crippen LogP contribution in [-0.4, -0.2) is 4.57 Å². The largest absolute Gasteiger partial charge is 0.309 e. The van der Waals surface area contributed by atoms with E-state index < -0.39 is 0 Å². The molecule has 0 aromatic carbocycles. The lowest BCUT2D eigenvalue weighted by atomic mass is 10.3. The van der Waals surface area contributed by atoms with Crippen LogP contribution in [0.4, 0.5) is 0 Å². The molecule has 0 N–H and O–H groups in total. The fourth-order valence-electron chi connectivity index (χ4n) is 0.968. The molecule has 1 rings (SSSR count). The Balaban J connectivity index is 3.24. The summed E-state index contributed by atoms with van der Waals surface area (Å²) in [6.07, 6.45) is 3.23. The predicted octanol–water partition coefficient (Wildman–Crippen LogP) is 2.23. The highest BCUT2D eigenvalue weighted by molar-refractivity contribution is 9.10. The Bertz CT molecular complexity index is 459. The van der Waals surface area contributed by atoms with Gasteiger partial charge in [-0.15, -0.1) is 0 Å². The summed E-state index contributed by atoms with van der Waals surface area (Å²) in [6, 6.07) is 3.32. The van der Waals surface area contributed by atoms with Crippen LogP contribution in [0, 0.1) is 11.3 Å². The normalized spacial score (nSPS) is 10.4. The molecule has 5 heteroatoms. The first-order chi connectivity index (χ1) is 6.69. The number of allylic oxidation sites excluding steroid dienone is 1. The van der Waals surface area contributed by atoms with Crippen molar-refractivity contribution in [3.63, 3.8) is 0 Å². The fourth-order valence-corrected chi connectivity index (χ4v) is 1.52. The third-order valence-corrected chi connectivity index (χ3v) is 2.18. The van der Waals surface area contributed by atoms with Crippen LogP contribution in [0.2, 0.25) is 0 Å². The molecule has 0 fully saturated rings. The molecule has 0 spiro atoms.